The van der Waals surface area contributed by atoms with Crippen LogP contribution in [0.2, 0.25) is 5.02 Å². The Labute approximate surface area is 126 Å². The van der Waals surface area contributed by atoms with Crippen molar-refractivity contribution in [3.8, 4) is 0 Å². The van der Waals surface area contributed by atoms with Crippen molar-refractivity contribution in [2.24, 2.45) is 0 Å². The van der Waals surface area contributed by atoms with E-state index in [1.165, 1.54) is 0 Å². The highest BCUT2D eigenvalue weighted by Gasteiger charge is 2.12. The molecule has 0 bridgehead atoms. The molecule has 0 atom stereocenters. The molecule has 0 fully saturated rings. The first-order valence-electron chi connectivity index (χ1n) is 6.33. The van der Waals surface area contributed by atoms with Crippen LogP contribution in [0.5, 0.6) is 0 Å². The maximum atomic E-state index is 11.1. The number of halogens is 1. The van der Waals surface area contributed by atoms with Crippen molar-refractivity contribution in [1.82, 2.24) is 0 Å². The summed E-state index contributed by atoms with van der Waals surface area (Å²) in [6.45, 7) is 0. The van der Waals surface area contributed by atoms with Gasteiger partial charge in [0.2, 0.25) is 0 Å². The minimum Gasteiger partial charge on any atom is -0.478 e. The average Bonchev–Trinajstić information content (AvgIpc) is 2.88. The zero-order valence-electron chi connectivity index (χ0n) is 10.9. The summed E-state index contributed by atoms with van der Waals surface area (Å²) in [5.74, 6) is -0.520. The molecular weight excluding hydrogens is 288 g/mol. The van der Waals surface area contributed by atoms with E-state index in [4.69, 9.17) is 21.1 Å². The van der Waals surface area contributed by atoms with Crippen molar-refractivity contribution in [2.45, 2.75) is 0 Å². The van der Waals surface area contributed by atoms with E-state index in [1.54, 1.807) is 24.3 Å². The first-order valence-corrected chi connectivity index (χ1v) is 6.71. The summed E-state index contributed by atoms with van der Waals surface area (Å²) in [6.07, 6.45) is 1.15. The Balaban J connectivity index is 2.17. The number of rotatable bonds is 3. The van der Waals surface area contributed by atoms with Gasteiger partial charge in [0.05, 0.1) is 0 Å². The summed E-state index contributed by atoms with van der Waals surface area (Å²) in [7, 11) is 0. The number of carboxylic acids is 1. The highest BCUT2D eigenvalue weighted by Crippen LogP contribution is 2.30. The molecule has 0 aliphatic carbocycles. The van der Waals surface area contributed by atoms with Gasteiger partial charge in [-0.15, -0.1) is 0 Å². The third-order valence-electron chi connectivity index (χ3n) is 3.10. The fourth-order valence-electron chi connectivity index (χ4n) is 2.18. The van der Waals surface area contributed by atoms with Gasteiger partial charge in [-0.3, -0.25) is 0 Å². The lowest BCUT2D eigenvalue weighted by atomic mass is 10.0. The first-order chi connectivity index (χ1) is 10.1. The van der Waals surface area contributed by atoms with E-state index in [1.807, 2.05) is 30.3 Å². The van der Waals surface area contributed by atoms with E-state index in [0.29, 0.717) is 21.9 Å². The standard InChI is InChI=1S/C17H11ClO3/c18-13-6-7-15-12(8-13)9-16(21-15)14(10-17(19)20)11-4-2-1-3-5-11/h1-10H,(H,19,20). The van der Waals surface area contributed by atoms with Crippen LogP contribution in [0.4, 0.5) is 0 Å². The molecule has 2 aromatic carbocycles. The smallest absolute Gasteiger partial charge is 0.329 e. The van der Waals surface area contributed by atoms with Gasteiger partial charge < -0.3 is 9.52 Å². The van der Waals surface area contributed by atoms with E-state index < -0.39 is 5.97 Å². The number of furan rings is 1. The number of fused-ring (bicyclic) bond motifs is 1. The lowest BCUT2D eigenvalue weighted by Gasteiger charge is -2.03. The first kappa shape index (κ1) is 13.5. The maximum absolute atomic E-state index is 11.1. The molecule has 21 heavy (non-hydrogen) atoms. The van der Waals surface area contributed by atoms with Crippen LogP contribution in [0.3, 0.4) is 0 Å². The highest BCUT2D eigenvalue weighted by molar-refractivity contribution is 6.31. The predicted molar refractivity (Wildman–Crippen MR) is 82.4 cm³/mol. The Morgan fingerprint density at radius 2 is 1.86 bits per heavy atom. The van der Waals surface area contributed by atoms with E-state index in [2.05, 4.69) is 0 Å². The number of benzene rings is 2. The van der Waals surface area contributed by atoms with Crippen molar-refractivity contribution in [1.29, 1.82) is 0 Å². The Bertz CT molecular complexity index is 832. The van der Waals surface area contributed by atoms with E-state index in [9.17, 15) is 4.79 Å². The number of carboxylic acid groups (broad SMARTS) is 1. The number of aliphatic carboxylic acids is 1. The second-order valence-electron chi connectivity index (χ2n) is 4.56. The molecule has 0 saturated heterocycles. The average molecular weight is 299 g/mol. The highest BCUT2D eigenvalue weighted by atomic mass is 35.5. The molecule has 3 nitrogen and oxygen atoms in total. The molecule has 104 valence electrons. The van der Waals surface area contributed by atoms with Crippen molar-refractivity contribution >= 4 is 34.1 Å². The Hall–Kier alpha value is -2.52. The molecule has 1 N–H and O–H groups in total. The predicted octanol–water partition coefficient (Wildman–Crippen LogP) is 4.60. The van der Waals surface area contributed by atoms with Gasteiger partial charge in [-0.05, 0) is 29.8 Å². The van der Waals surface area contributed by atoms with Crippen LogP contribution in [0.1, 0.15) is 11.3 Å². The molecule has 0 aliphatic heterocycles. The molecule has 0 spiro atoms. The second-order valence-corrected chi connectivity index (χ2v) is 4.99. The molecule has 3 rings (SSSR count). The quantitative estimate of drug-likeness (QED) is 0.719. The molecule has 4 heteroatoms. The molecule has 1 aromatic heterocycles. The Kier molecular flexibility index (Phi) is 3.50. The second kappa shape index (κ2) is 5.46. The zero-order valence-corrected chi connectivity index (χ0v) is 11.7. The van der Waals surface area contributed by atoms with Crippen molar-refractivity contribution in [2.75, 3.05) is 0 Å². The van der Waals surface area contributed by atoms with E-state index in [-0.39, 0.29) is 0 Å². The normalized spacial score (nSPS) is 11.8. The van der Waals surface area contributed by atoms with Crippen LogP contribution in [-0.4, -0.2) is 11.1 Å². The summed E-state index contributed by atoms with van der Waals surface area (Å²) in [4.78, 5) is 11.1. The van der Waals surface area contributed by atoms with Gasteiger partial charge in [-0.1, -0.05) is 41.9 Å². The lowest BCUT2D eigenvalue weighted by molar-refractivity contribution is -0.131. The SMILES string of the molecule is O=C(O)C=C(c1ccccc1)c1cc2cc(Cl)ccc2o1. The minimum atomic E-state index is -1.02. The van der Waals surface area contributed by atoms with Gasteiger partial charge in [0.1, 0.15) is 11.3 Å². The fourth-order valence-corrected chi connectivity index (χ4v) is 2.37. The monoisotopic (exact) mass is 298 g/mol. The topological polar surface area (TPSA) is 50.4 Å². The molecule has 0 aliphatic rings. The number of carbonyl (C=O) groups is 1. The van der Waals surface area contributed by atoms with E-state index >= 15 is 0 Å². The summed E-state index contributed by atoms with van der Waals surface area (Å²) in [5, 5.41) is 10.5. The van der Waals surface area contributed by atoms with Gasteiger partial charge >= 0.3 is 5.97 Å². The third-order valence-corrected chi connectivity index (χ3v) is 3.33. The molecule has 0 amide bonds. The van der Waals surface area contributed by atoms with Crippen molar-refractivity contribution in [3.63, 3.8) is 0 Å². The Morgan fingerprint density at radius 1 is 1.10 bits per heavy atom. The zero-order chi connectivity index (χ0) is 14.8. The number of hydrogen-bond acceptors (Lipinski definition) is 2. The largest absolute Gasteiger partial charge is 0.478 e. The summed E-state index contributed by atoms with van der Waals surface area (Å²) in [5.41, 5.74) is 1.97. The molecule has 0 saturated carbocycles. The summed E-state index contributed by atoms with van der Waals surface area (Å²) >= 11 is 5.96. The number of hydrogen-bond donors (Lipinski definition) is 1. The van der Waals surface area contributed by atoms with Crippen LogP contribution >= 0.6 is 11.6 Å². The van der Waals surface area contributed by atoms with Crippen LogP contribution < -0.4 is 0 Å². The van der Waals surface area contributed by atoms with Gasteiger partial charge in [0.15, 0.2) is 0 Å². The van der Waals surface area contributed by atoms with E-state index in [0.717, 1.165) is 17.0 Å². The van der Waals surface area contributed by atoms with Gasteiger partial charge in [0.25, 0.3) is 0 Å². The minimum absolute atomic E-state index is 0.501. The summed E-state index contributed by atoms with van der Waals surface area (Å²) < 4.78 is 5.75. The van der Waals surface area contributed by atoms with Crippen molar-refractivity contribution in [3.05, 3.63) is 77.0 Å². The lowest BCUT2D eigenvalue weighted by Crippen LogP contribution is -1.93. The van der Waals surface area contributed by atoms with Gasteiger partial charge in [-0.25, -0.2) is 4.79 Å². The molecule has 0 radical (unpaired) electrons. The molecule has 1 heterocycles. The van der Waals surface area contributed by atoms with Crippen molar-refractivity contribution < 1.29 is 14.3 Å². The molecule has 3 aromatic rings. The van der Waals surface area contributed by atoms with Crippen LogP contribution in [0.25, 0.3) is 16.5 Å². The maximum Gasteiger partial charge on any atom is 0.329 e. The third kappa shape index (κ3) is 2.83. The van der Waals surface area contributed by atoms with Crippen LogP contribution in [-0.2, 0) is 4.79 Å². The fraction of sp³-hybridized carbons (Fsp3) is 0. The van der Waals surface area contributed by atoms with Gasteiger partial charge in [0, 0.05) is 22.1 Å². The molecule has 0 unspecified atom stereocenters. The van der Waals surface area contributed by atoms with Crippen LogP contribution in [0, 0.1) is 0 Å². The van der Waals surface area contributed by atoms with Crippen LogP contribution in [0.15, 0.2) is 65.1 Å². The Morgan fingerprint density at radius 3 is 2.57 bits per heavy atom. The summed E-state index contributed by atoms with van der Waals surface area (Å²) in [6, 6.07) is 16.3. The van der Waals surface area contributed by atoms with Gasteiger partial charge in [-0.2, -0.15) is 0 Å². The molecular formula is C17H11ClO3.